The van der Waals surface area contributed by atoms with Gasteiger partial charge in [-0.2, -0.15) is 11.8 Å². The van der Waals surface area contributed by atoms with Crippen LogP contribution in [-0.2, 0) is 9.84 Å². The van der Waals surface area contributed by atoms with E-state index in [1.165, 1.54) is 11.8 Å². The molecule has 0 radical (unpaired) electrons. The van der Waals surface area contributed by atoms with Gasteiger partial charge in [0.25, 0.3) is 0 Å². The summed E-state index contributed by atoms with van der Waals surface area (Å²) in [6.45, 7) is 1.85. The Kier molecular flexibility index (Phi) is 5.78. The molecule has 1 atom stereocenters. The highest BCUT2D eigenvalue weighted by Gasteiger charge is 2.24. The van der Waals surface area contributed by atoms with Crippen molar-refractivity contribution in [2.24, 2.45) is 0 Å². The van der Waals surface area contributed by atoms with Gasteiger partial charge >= 0.3 is 0 Å². The summed E-state index contributed by atoms with van der Waals surface area (Å²) in [5.41, 5.74) is 1.26. The molecule has 1 heterocycles. The Balaban J connectivity index is 2.00. The van der Waals surface area contributed by atoms with Crippen molar-refractivity contribution in [1.29, 1.82) is 0 Å². The van der Waals surface area contributed by atoms with Crippen LogP contribution in [0.3, 0.4) is 0 Å². The van der Waals surface area contributed by atoms with E-state index in [-0.39, 0.29) is 5.75 Å². The molecule has 0 bridgehead atoms. The summed E-state index contributed by atoms with van der Waals surface area (Å²) < 4.78 is 22.4. The van der Waals surface area contributed by atoms with Crippen LogP contribution in [0, 0.1) is 0 Å². The van der Waals surface area contributed by atoms with Crippen molar-refractivity contribution < 1.29 is 8.42 Å². The molecule has 1 fully saturated rings. The van der Waals surface area contributed by atoms with E-state index in [2.05, 4.69) is 17.0 Å². The van der Waals surface area contributed by atoms with Gasteiger partial charge in [-0.15, -0.1) is 0 Å². The zero-order chi connectivity index (χ0) is 14.6. The summed E-state index contributed by atoms with van der Waals surface area (Å²) in [6.07, 6.45) is 2.00. The molecule has 0 amide bonds. The van der Waals surface area contributed by atoms with Crippen molar-refractivity contribution in [3.8, 4) is 0 Å². The highest BCUT2D eigenvalue weighted by atomic mass is 35.5. The molecule has 2 rings (SSSR count). The first kappa shape index (κ1) is 16.1. The molecule has 0 N–H and O–H groups in total. The van der Waals surface area contributed by atoms with Crippen LogP contribution < -0.4 is 0 Å². The molecular formula is C14H20ClNO2S2. The summed E-state index contributed by atoms with van der Waals surface area (Å²) in [7, 11) is -2.86. The van der Waals surface area contributed by atoms with E-state index in [9.17, 15) is 8.42 Å². The maximum Gasteiger partial charge on any atom is 0.147 e. The summed E-state index contributed by atoms with van der Waals surface area (Å²) >= 11 is 7.89. The van der Waals surface area contributed by atoms with E-state index >= 15 is 0 Å². The summed E-state index contributed by atoms with van der Waals surface area (Å²) in [6, 6.07) is 8.35. The van der Waals surface area contributed by atoms with Crippen LogP contribution >= 0.6 is 23.4 Å². The van der Waals surface area contributed by atoms with Crippen LogP contribution in [0.25, 0.3) is 0 Å². The highest BCUT2D eigenvalue weighted by molar-refractivity contribution is 7.99. The molecule has 1 aliphatic heterocycles. The molecule has 0 aliphatic carbocycles. The number of thioether (sulfide) groups is 1. The minimum atomic E-state index is -2.86. The Labute approximate surface area is 130 Å². The van der Waals surface area contributed by atoms with E-state index in [0.717, 1.165) is 29.6 Å². The molecule has 0 unspecified atom stereocenters. The van der Waals surface area contributed by atoms with Crippen LogP contribution in [0.1, 0.15) is 18.0 Å². The number of halogens is 1. The first-order valence-electron chi connectivity index (χ1n) is 6.71. The second-order valence-electron chi connectivity index (χ2n) is 5.16. The van der Waals surface area contributed by atoms with Gasteiger partial charge in [0.1, 0.15) is 9.84 Å². The molecule has 1 aromatic carbocycles. The van der Waals surface area contributed by atoms with E-state index in [1.54, 1.807) is 0 Å². The van der Waals surface area contributed by atoms with E-state index in [1.807, 2.05) is 23.9 Å². The van der Waals surface area contributed by atoms with Gasteiger partial charge in [-0.3, -0.25) is 4.90 Å². The normalized spacial score (nSPS) is 21.0. The van der Waals surface area contributed by atoms with Crippen LogP contribution in [0.2, 0.25) is 5.02 Å². The van der Waals surface area contributed by atoms with E-state index in [4.69, 9.17) is 11.6 Å². The van der Waals surface area contributed by atoms with Gasteiger partial charge in [0.05, 0.1) is 5.75 Å². The molecule has 0 spiro atoms. The molecule has 1 saturated heterocycles. The van der Waals surface area contributed by atoms with Crippen molar-refractivity contribution in [2.75, 3.05) is 36.6 Å². The molecule has 0 aromatic heterocycles. The van der Waals surface area contributed by atoms with Crippen molar-refractivity contribution in [2.45, 2.75) is 12.5 Å². The highest BCUT2D eigenvalue weighted by Crippen LogP contribution is 2.30. The third-order valence-electron chi connectivity index (χ3n) is 3.45. The molecule has 3 nitrogen and oxygen atoms in total. The molecular weight excluding hydrogens is 314 g/mol. The van der Waals surface area contributed by atoms with E-state index < -0.39 is 9.84 Å². The summed E-state index contributed by atoms with van der Waals surface area (Å²) in [5, 5.41) is 0.751. The van der Waals surface area contributed by atoms with Gasteiger partial charge in [-0.1, -0.05) is 23.7 Å². The lowest BCUT2D eigenvalue weighted by atomic mass is 10.1. The zero-order valence-corrected chi connectivity index (χ0v) is 14.0. The van der Waals surface area contributed by atoms with Crippen molar-refractivity contribution >= 4 is 33.2 Å². The Morgan fingerprint density at radius 3 is 2.70 bits per heavy atom. The summed E-state index contributed by atoms with van der Waals surface area (Å²) in [4.78, 5) is 2.39. The fraction of sp³-hybridized carbons (Fsp3) is 0.571. The maximum atomic E-state index is 11.2. The lowest BCUT2D eigenvalue weighted by Crippen LogP contribution is -2.37. The van der Waals surface area contributed by atoms with Crippen LogP contribution in [0.5, 0.6) is 0 Å². The predicted molar refractivity (Wildman–Crippen MR) is 87.4 cm³/mol. The number of sulfone groups is 1. The van der Waals surface area contributed by atoms with Crippen molar-refractivity contribution in [1.82, 2.24) is 4.90 Å². The maximum absolute atomic E-state index is 11.2. The first-order chi connectivity index (χ1) is 9.46. The van der Waals surface area contributed by atoms with Gasteiger partial charge in [0, 0.05) is 35.4 Å². The van der Waals surface area contributed by atoms with Crippen LogP contribution in [0.15, 0.2) is 24.3 Å². The van der Waals surface area contributed by atoms with Crippen LogP contribution in [-0.4, -0.2) is 49.9 Å². The second-order valence-corrected chi connectivity index (χ2v) is 9.01. The van der Waals surface area contributed by atoms with E-state index in [0.29, 0.717) is 12.5 Å². The smallest absolute Gasteiger partial charge is 0.147 e. The summed E-state index contributed by atoms with van der Waals surface area (Å²) in [5.74, 6) is 2.44. The number of rotatable bonds is 5. The monoisotopic (exact) mass is 333 g/mol. The van der Waals surface area contributed by atoms with Gasteiger partial charge in [0.15, 0.2) is 0 Å². The molecule has 20 heavy (non-hydrogen) atoms. The van der Waals surface area contributed by atoms with Gasteiger partial charge in [0.2, 0.25) is 0 Å². The second kappa shape index (κ2) is 7.16. The van der Waals surface area contributed by atoms with Crippen molar-refractivity contribution in [3.05, 3.63) is 34.9 Å². The fourth-order valence-corrected chi connectivity index (χ4v) is 4.36. The number of hydrogen-bond acceptors (Lipinski definition) is 4. The molecule has 1 aromatic rings. The number of benzene rings is 1. The van der Waals surface area contributed by atoms with Gasteiger partial charge < -0.3 is 0 Å². The molecule has 112 valence electrons. The molecule has 6 heteroatoms. The van der Waals surface area contributed by atoms with Crippen molar-refractivity contribution in [3.63, 3.8) is 0 Å². The topological polar surface area (TPSA) is 37.4 Å². The molecule has 1 aliphatic rings. The minimum Gasteiger partial charge on any atom is -0.295 e. The Morgan fingerprint density at radius 2 is 2.05 bits per heavy atom. The average Bonchev–Trinajstić information content (AvgIpc) is 2.39. The lowest BCUT2D eigenvalue weighted by Gasteiger charge is -2.35. The Bertz CT molecular complexity index is 531. The zero-order valence-electron chi connectivity index (χ0n) is 11.6. The first-order valence-corrected chi connectivity index (χ1v) is 10.3. The SMILES string of the molecule is CS(=O)(=O)CCCN1CCSC[C@H]1c1ccc(Cl)cc1. The minimum absolute atomic E-state index is 0.268. The number of hydrogen-bond donors (Lipinski definition) is 0. The average molecular weight is 334 g/mol. The third kappa shape index (κ3) is 4.95. The van der Waals surface area contributed by atoms with Crippen LogP contribution in [0.4, 0.5) is 0 Å². The Hall–Kier alpha value is -0.230. The molecule has 0 saturated carbocycles. The quantitative estimate of drug-likeness (QED) is 0.830. The largest absolute Gasteiger partial charge is 0.295 e. The standard InChI is InChI=1S/C14H20ClNO2S2/c1-20(17,18)10-2-7-16-8-9-19-11-14(16)12-3-5-13(15)6-4-12/h3-6,14H,2,7-11H2,1H3/t14-/m0/s1. The third-order valence-corrected chi connectivity index (χ3v) is 5.76. The van der Waals surface area contributed by atoms with Gasteiger partial charge in [-0.05, 0) is 30.7 Å². The number of nitrogens with zero attached hydrogens (tertiary/aromatic N) is 1. The Morgan fingerprint density at radius 1 is 1.35 bits per heavy atom. The fourth-order valence-electron chi connectivity index (χ4n) is 2.43. The lowest BCUT2D eigenvalue weighted by molar-refractivity contribution is 0.222. The van der Waals surface area contributed by atoms with Gasteiger partial charge in [-0.25, -0.2) is 8.42 Å². The predicted octanol–water partition coefficient (Wildman–Crippen LogP) is 2.86.